The maximum absolute atomic E-state index is 12.3. The average Bonchev–Trinajstić information content (AvgIpc) is 3.20. The van der Waals surface area contributed by atoms with Crippen molar-refractivity contribution in [2.75, 3.05) is 18.4 Å². The van der Waals surface area contributed by atoms with Gasteiger partial charge in [-0.3, -0.25) is 29.9 Å². The number of anilines is 1. The Balaban J connectivity index is 1.52. The number of amides is 4. The molecule has 2 N–H and O–H groups in total. The van der Waals surface area contributed by atoms with E-state index in [2.05, 4.69) is 15.6 Å². The number of fused-ring (bicyclic) bond motifs is 1. The topological polar surface area (TPSA) is 135 Å². The van der Waals surface area contributed by atoms with E-state index in [0.29, 0.717) is 11.6 Å². The normalized spacial score (nSPS) is 12.8. The maximum Gasteiger partial charge on any atom is 0.321 e. The van der Waals surface area contributed by atoms with E-state index in [9.17, 15) is 24.5 Å². The van der Waals surface area contributed by atoms with Crippen molar-refractivity contribution >= 4 is 40.0 Å². The van der Waals surface area contributed by atoms with Crippen LogP contribution in [0.2, 0.25) is 0 Å². The molecule has 11 heteroatoms. The molecule has 0 saturated carbocycles. The molecule has 134 valence electrons. The van der Waals surface area contributed by atoms with Gasteiger partial charge in [0.2, 0.25) is 0 Å². The third-order valence-corrected chi connectivity index (χ3v) is 4.35. The van der Waals surface area contributed by atoms with Gasteiger partial charge in [-0.2, -0.15) is 0 Å². The van der Waals surface area contributed by atoms with Crippen molar-refractivity contribution in [2.24, 2.45) is 0 Å². The van der Waals surface area contributed by atoms with Crippen LogP contribution in [0.3, 0.4) is 0 Å². The number of nitro groups is 1. The van der Waals surface area contributed by atoms with Crippen LogP contribution in [0.4, 0.5) is 15.6 Å². The molecular weight excluding hydrogens is 362 g/mol. The number of aromatic nitrogens is 1. The summed E-state index contributed by atoms with van der Waals surface area (Å²) in [5, 5.41) is 18.1. The Morgan fingerprint density at radius 3 is 2.73 bits per heavy atom. The largest absolute Gasteiger partial charge is 0.338 e. The Kier molecular flexibility index (Phi) is 4.89. The molecular formula is C15H13N5O5S. The van der Waals surface area contributed by atoms with Gasteiger partial charge in [-0.05, 0) is 12.5 Å². The lowest BCUT2D eigenvalue weighted by Gasteiger charge is -2.13. The molecule has 1 aliphatic rings. The maximum atomic E-state index is 12.3. The second-order valence-corrected chi connectivity index (χ2v) is 6.22. The molecule has 0 radical (unpaired) electrons. The third kappa shape index (κ3) is 3.52. The van der Waals surface area contributed by atoms with Gasteiger partial charge in [0.1, 0.15) is 0 Å². The second-order valence-electron chi connectivity index (χ2n) is 5.32. The molecule has 3 rings (SSSR count). The average molecular weight is 375 g/mol. The number of nitro benzene ring substituents is 1. The van der Waals surface area contributed by atoms with E-state index in [-0.39, 0.29) is 29.9 Å². The zero-order chi connectivity index (χ0) is 18.7. The highest BCUT2D eigenvalue weighted by molar-refractivity contribution is 7.13. The van der Waals surface area contributed by atoms with Crippen LogP contribution in [0.1, 0.15) is 27.1 Å². The monoisotopic (exact) mass is 375 g/mol. The lowest BCUT2D eigenvalue weighted by atomic mass is 10.1. The van der Waals surface area contributed by atoms with Crippen LogP contribution in [-0.4, -0.2) is 45.7 Å². The molecule has 0 saturated heterocycles. The summed E-state index contributed by atoms with van der Waals surface area (Å²) in [5.41, 5.74) is -0.0685. The summed E-state index contributed by atoms with van der Waals surface area (Å²) in [7, 11) is 0. The fraction of sp³-hybridized carbons (Fsp3) is 0.200. The minimum Gasteiger partial charge on any atom is -0.338 e. The van der Waals surface area contributed by atoms with Gasteiger partial charge in [0.25, 0.3) is 17.5 Å². The van der Waals surface area contributed by atoms with Crippen LogP contribution in [0, 0.1) is 10.1 Å². The van der Waals surface area contributed by atoms with E-state index < -0.39 is 22.8 Å². The Hall–Kier alpha value is -3.34. The van der Waals surface area contributed by atoms with Gasteiger partial charge in [0.15, 0.2) is 5.13 Å². The number of thiazole rings is 1. The van der Waals surface area contributed by atoms with E-state index in [4.69, 9.17) is 0 Å². The number of carbonyl (C=O) groups excluding carboxylic acids is 3. The van der Waals surface area contributed by atoms with Gasteiger partial charge in [0.05, 0.1) is 16.1 Å². The molecule has 0 aliphatic carbocycles. The quantitative estimate of drug-likeness (QED) is 0.342. The van der Waals surface area contributed by atoms with Crippen molar-refractivity contribution in [2.45, 2.75) is 6.42 Å². The number of nitrogens with one attached hydrogen (secondary N) is 2. The molecule has 2 aromatic rings. The van der Waals surface area contributed by atoms with Crippen molar-refractivity contribution < 1.29 is 19.3 Å². The summed E-state index contributed by atoms with van der Waals surface area (Å²) in [4.78, 5) is 51.3. The van der Waals surface area contributed by atoms with Crippen molar-refractivity contribution in [3.05, 3.63) is 51.0 Å². The summed E-state index contributed by atoms with van der Waals surface area (Å²) in [5.74, 6) is -1.06. The number of imide groups is 1. The second kappa shape index (κ2) is 7.27. The van der Waals surface area contributed by atoms with Crippen LogP contribution >= 0.6 is 11.3 Å². The summed E-state index contributed by atoms with van der Waals surface area (Å²) >= 11 is 1.28. The number of rotatable bonds is 6. The van der Waals surface area contributed by atoms with Crippen LogP contribution in [0.15, 0.2) is 29.8 Å². The molecule has 10 nitrogen and oxygen atoms in total. The fourth-order valence-electron chi connectivity index (χ4n) is 2.46. The van der Waals surface area contributed by atoms with Crippen LogP contribution in [0.5, 0.6) is 0 Å². The van der Waals surface area contributed by atoms with E-state index in [0.717, 1.165) is 11.0 Å². The van der Waals surface area contributed by atoms with Crippen LogP contribution < -0.4 is 10.6 Å². The molecule has 0 unspecified atom stereocenters. The van der Waals surface area contributed by atoms with E-state index in [1.165, 1.54) is 23.5 Å². The standard InChI is InChI=1S/C15H13N5O5S/c21-12-10-3-2-9(20(24)25)8-11(10)13(22)19(12)6-1-4-16-14(23)18-15-17-5-7-26-15/h2-3,5,7-8H,1,4,6H2,(H2,16,17,18,23). The lowest BCUT2D eigenvalue weighted by molar-refractivity contribution is -0.384. The van der Waals surface area contributed by atoms with E-state index in [1.54, 1.807) is 11.6 Å². The number of urea groups is 1. The summed E-state index contributed by atoms with van der Waals surface area (Å²) in [6.07, 6.45) is 1.91. The first-order valence-corrected chi connectivity index (χ1v) is 8.44. The van der Waals surface area contributed by atoms with Crippen LogP contribution in [0.25, 0.3) is 0 Å². The van der Waals surface area contributed by atoms with Gasteiger partial charge in [-0.1, -0.05) is 0 Å². The summed E-state index contributed by atoms with van der Waals surface area (Å²) < 4.78 is 0. The van der Waals surface area contributed by atoms with Crippen molar-refractivity contribution in [1.82, 2.24) is 15.2 Å². The lowest BCUT2D eigenvalue weighted by Crippen LogP contribution is -2.35. The smallest absolute Gasteiger partial charge is 0.321 e. The zero-order valence-corrected chi connectivity index (χ0v) is 14.1. The van der Waals surface area contributed by atoms with Gasteiger partial charge >= 0.3 is 6.03 Å². The first-order valence-electron chi connectivity index (χ1n) is 7.56. The number of benzene rings is 1. The Morgan fingerprint density at radius 1 is 1.27 bits per heavy atom. The number of hydrogen-bond acceptors (Lipinski definition) is 7. The third-order valence-electron chi connectivity index (χ3n) is 3.66. The molecule has 2 heterocycles. The predicted octanol–water partition coefficient (Wildman–Crippen LogP) is 1.86. The van der Waals surface area contributed by atoms with Crippen molar-refractivity contribution in [3.8, 4) is 0 Å². The van der Waals surface area contributed by atoms with Gasteiger partial charge < -0.3 is 5.32 Å². The predicted molar refractivity (Wildman–Crippen MR) is 92.2 cm³/mol. The first-order chi connectivity index (χ1) is 12.5. The van der Waals surface area contributed by atoms with Gasteiger partial charge in [0, 0.05) is 36.8 Å². The van der Waals surface area contributed by atoms with Gasteiger partial charge in [-0.15, -0.1) is 11.3 Å². The van der Waals surface area contributed by atoms with Crippen molar-refractivity contribution in [1.29, 1.82) is 0 Å². The number of carbonyl (C=O) groups is 3. The molecule has 0 atom stereocenters. The Labute approximate surface area is 151 Å². The fourth-order valence-corrected chi connectivity index (χ4v) is 2.98. The molecule has 0 bridgehead atoms. The minimum atomic E-state index is -0.619. The zero-order valence-electron chi connectivity index (χ0n) is 13.3. The SMILES string of the molecule is O=C(NCCCN1C(=O)c2ccc([N+](=O)[O-])cc2C1=O)Nc1nccs1. The number of hydrogen-bond donors (Lipinski definition) is 2. The van der Waals surface area contributed by atoms with E-state index in [1.807, 2.05) is 0 Å². The highest BCUT2D eigenvalue weighted by atomic mass is 32.1. The van der Waals surface area contributed by atoms with E-state index >= 15 is 0 Å². The Bertz CT molecular complexity index is 883. The molecule has 1 aromatic heterocycles. The highest BCUT2D eigenvalue weighted by Gasteiger charge is 2.36. The molecule has 26 heavy (non-hydrogen) atoms. The molecule has 4 amide bonds. The Morgan fingerprint density at radius 2 is 2.04 bits per heavy atom. The molecule has 1 aliphatic heterocycles. The number of nitrogens with zero attached hydrogens (tertiary/aromatic N) is 3. The summed E-state index contributed by atoms with van der Waals surface area (Å²) in [6, 6.07) is 3.15. The van der Waals surface area contributed by atoms with Crippen molar-refractivity contribution in [3.63, 3.8) is 0 Å². The molecule has 0 spiro atoms. The molecule has 0 fully saturated rings. The highest BCUT2D eigenvalue weighted by Crippen LogP contribution is 2.26. The molecule has 1 aromatic carbocycles. The van der Waals surface area contributed by atoms with Gasteiger partial charge in [-0.25, -0.2) is 9.78 Å². The summed E-state index contributed by atoms with van der Waals surface area (Å²) in [6.45, 7) is 0.336. The minimum absolute atomic E-state index is 0.0265. The van der Waals surface area contributed by atoms with Crippen LogP contribution in [-0.2, 0) is 0 Å². The number of non-ortho nitro benzene ring substituents is 1. The first kappa shape index (κ1) is 17.5.